The van der Waals surface area contributed by atoms with Crippen LogP contribution in [0.3, 0.4) is 0 Å². The molecule has 2 saturated heterocycles. The first kappa shape index (κ1) is 34.3. The quantitative estimate of drug-likeness (QED) is 0.440. The summed E-state index contributed by atoms with van der Waals surface area (Å²) in [7, 11) is 0. The van der Waals surface area contributed by atoms with E-state index in [2.05, 4.69) is 83.8 Å². The summed E-state index contributed by atoms with van der Waals surface area (Å²) in [6, 6.07) is 21.6. The first-order chi connectivity index (χ1) is 15.8. The SMILES string of the molecule is N.[CH2-]CC[N-][C@H](CN1CCCCC1)c1ccccc1.[Li+].[Li+].c1ccc([CH-]CN2CCCCC2)cc1. The van der Waals surface area contributed by atoms with Crippen LogP contribution in [0.5, 0.6) is 0 Å². The zero-order chi connectivity index (χ0) is 22.3. The Kier molecular flexibility index (Phi) is 21.0. The van der Waals surface area contributed by atoms with Crippen LogP contribution in [0.15, 0.2) is 60.7 Å². The van der Waals surface area contributed by atoms with Crippen LogP contribution in [0.2, 0.25) is 0 Å². The Morgan fingerprint density at radius 3 is 1.80 bits per heavy atom. The van der Waals surface area contributed by atoms with Gasteiger partial charge in [0.15, 0.2) is 0 Å². The monoisotopic (exact) mass is 463 g/mol. The molecule has 2 aliphatic rings. The molecule has 0 saturated carbocycles. The van der Waals surface area contributed by atoms with E-state index < -0.39 is 0 Å². The van der Waals surface area contributed by atoms with Gasteiger partial charge in [-0.25, -0.2) is 6.42 Å². The Hall–Kier alpha value is -0.655. The van der Waals surface area contributed by atoms with Gasteiger partial charge in [-0.2, -0.15) is 30.7 Å². The number of rotatable bonds is 9. The van der Waals surface area contributed by atoms with Crippen molar-refractivity contribution in [3.8, 4) is 0 Å². The molecule has 4 rings (SSSR count). The number of benzene rings is 2. The normalized spacial score (nSPS) is 16.8. The van der Waals surface area contributed by atoms with E-state index in [4.69, 9.17) is 5.32 Å². The largest absolute Gasteiger partial charge is 1.00 e. The van der Waals surface area contributed by atoms with E-state index in [0.29, 0.717) is 6.04 Å². The van der Waals surface area contributed by atoms with Crippen molar-refractivity contribution in [3.05, 3.63) is 90.5 Å². The van der Waals surface area contributed by atoms with Gasteiger partial charge >= 0.3 is 37.7 Å². The van der Waals surface area contributed by atoms with Crippen LogP contribution in [0.25, 0.3) is 5.32 Å². The van der Waals surface area contributed by atoms with E-state index in [-0.39, 0.29) is 43.9 Å². The molecule has 0 radical (unpaired) electrons. The zero-order valence-electron chi connectivity index (χ0n) is 22.6. The molecule has 0 unspecified atom stereocenters. The van der Waals surface area contributed by atoms with Crippen molar-refractivity contribution < 1.29 is 37.7 Å². The van der Waals surface area contributed by atoms with Gasteiger partial charge in [0.2, 0.25) is 0 Å². The van der Waals surface area contributed by atoms with Crippen LogP contribution < -0.4 is 43.9 Å². The minimum absolute atomic E-state index is 0. The molecule has 184 valence electrons. The van der Waals surface area contributed by atoms with Crippen molar-refractivity contribution in [2.75, 3.05) is 45.8 Å². The summed E-state index contributed by atoms with van der Waals surface area (Å²) in [5.41, 5.74) is 2.69. The maximum absolute atomic E-state index is 4.80. The fourth-order valence-corrected chi connectivity index (χ4v) is 4.54. The molecule has 35 heavy (non-hydrogen) atoms. The molecule has 4 nitrogen and oxygen atoms in total. The van der Waals surface area contributed by atoms with Crippen molar-refractivity contribution in [2.45, 2.75) is 51.0 Å². The molecule has 0 aromatic heterocycles. The number of piperidine rings is 2. The van der Waals surface area contributed by atoms with Crippen molar-refractivity contribution in [3.63, 3.8) is 0 Å². The van der Waals surface area contributed by atoms with Gasteiger partial charge in [-0.15, -0.1) is 12.1 Å². The summed E-state index contributed by atoms with van der Waals surface area (Å²) >= 11 is 0. The Balaban J connectivity index is 0.000000623. The minimum Gasteiger partial charge on any atom is -0.657 e. The van der Waals surface area contributed by atoms with E-state index in [0.717, 1.165) is 26.1 Å². The summed E-state index contributed by atoms with van der Waals surface area (Å²) in [6.45, 7) is 12.0. The van der Waals surface area contributed by atoms with E-state index in [1.54, 1.807) is 0 Å². The van der Waals surface area contributed by atoms with Gasteiger partial charge in [0.25, 0.3) is 0 Å². The molecule has 0 amide bonds. The molecule has 1 atom stereocenters. The second-order valence-corrected chi connectivity index (χ2v) is 9.02. The van der Waals surface area contributed by atoms with Crippen molar-refractivity contribution in [1.82, 2.24) is 16.0 Å². The van der Waals surface area contributed by atoms with Crippen molar-refractivity contribution in [2.24, 2.45) is 0 Å². The fraction of sp³-hybridized carbons (Fsp3) is 0.517. The first-order valence-electron chi connectivity index (χ1n) is 12.7. The standard InChI is InChI=1S/C16H24N2.C13H18N.2Li.H3N/c1-2-11-17-16(15-9-5-3-6-10-15)14-18-12-7-4-8-13-18;1-3-7-13(8-4-1)9-12-14-10-5-2-6-11-14;;;/h3,5-6,9-10,16H,1-2,4,7-8,11-14H2;1,3-4,7-9H,2,5-6,10-12H2;;;1H3/q-2;-1;2*+1;/t16-;;;;/m1..../s1. The van der Waals surface area contributed by atoms with Crippen molar-refractivity contribution in [1.29, 1.82) is 0 Å². The Morgan fingerprint density at radius 1 is 0.743 bits per heavy atom. The third-order valence-electron chi connectivity index (χ3n) is 6.41. The van der Waals surface area contributed by atoms with Gasteiger partial charge in [-0.1, -0.05) is 60.8 Å². The van der Waals surface area contributed by atoms with Crippen LogP contribution in [-0.4, -0.2) is 55.6 Å². The third-order valence-corrected chi connectivity index (χ3v) is 6.41. The molecule has 2 heterocycles. The van der Waals surface area contributed by atoms with Gasteiger partial charge in [0.05, 0.1) is 0 Å². The van der Waals surface area contributed by atoms with Gasteiger partial charge in [0, 0.05) is 0 Å². The minimum atomic E-state index is 0. The number of hydrogen-bond acceptors (Lipinski definition) is 3. The van der Waals surface area contributed by atoms with Gasteiger partial charge < -0.3 is 28.2 Å². The predicted molar refractivity (Wildman–Crippen MR) is 143 cm³/mol. The Morgan fingerprint density at radius 2 is 1.26 bits per heavy atom. The topological polar surface area (TPSA) is 55.6 Å². The molecule has 2 fully saturated rings. The van der Waals surface area contributed by atoms with Crippen LogP contribution in [0.1, 0.15) is 62.1 Å². The maximum atomic E-state index is 4.80. The fourth-order valence-electron chi connectivity index (χ4n) is 4.54. The van der Waals surface area contributed by atoms with Crippen LogP contribution >= 0.6 is 0 Å². The number of hydrogen-bond donors (Lipinski definition) is 1. The molecule has 3 N–H and O–H groups in total. The second kappa shape index (κ2) is 21.4. The number of likely N-dealkylation sites (tertiary alicyclic amines) is 2. The first-order valence-corrected chi connectivity index (χ1v) is 12.7. The summed E-state index contributed by atoms with van der Waals surface area (Å²) in [6.07, 6.45) is 11.5. The Labute approximate surface area is 239 Å². The molecular formula is C29H45Li2N4-. The molecule has 0 aliphatic carbocycles. The zero-order valence-corrected chi connectivity index (χ0v) is 22.6. The van der Waals surface area contributed by atoms with E-state index >= 15 is 0 Å². The predicted octanol–water partition coefficient (Wildman–Crippen LogP) is 0.706. The summed E-state index contributed by atoms with van der Waals surface area (Å²) in [5.74, 6) is 0. The molecule has 6 heteroatoms. The second-order valence-electron chi connectivity index (χ2n) is 9.02. The smallest absolute Gasteiger partial charge is 0.657 e. The Bertz CT molecular complexity index is 705. The molecule has 2 aromatic carbocycles. The summed E-state index contributed by atoms with van der Waals surface area (Å²) < 4.78 is 0. The molecule has 0 spiro atoms. The van der Waals surface area contributed by atoms with E-state index in [9.17, 15) is 0 Å². The van der Waals surface area contributed by atoms with Gasteiger partial charge in [0.1, 0.15) is 0 Å². The van der Waals surface area contributed by atoms with Crippen LogP contribution in [0, 0.1) is 13.3 Å². The number of nitrogens with zero attached hydrogens (tertiary/aromatic N) is 3. The van der Waals surface area contributed by atoms with E-state index in [1.807, 2.05) is 0 Å². The molecule has 0 bridgehead atoms. The molecular weight excluding hydrogens is 418 g/mol. The van der Waals surface area contributed by atoms with Gasteiger partial charge in [-0.3, -0.25) is 0 Å². The van der Waals surface area contributed by atoms with Crippen molar-refractivity contribution >= 4 is 0 Å². The van der Waals surface area contributed by atoms with Crippen LogP contribution in [0.4, 0.5) is 0 Å². The molecule has 2 aromatic rings. The summed E-state index contributed by atoms with van der Waals surface area (Å²) in [5, 5.41) is 4.80. The maximum Gasteiger partial charge on any atom is 1.00 e. The van der Waals surface area contributed by atoms with E-state index in [1.165, 1.54) is 75.8 Å². The van der Waals surface area contributed by atoms with Gasteiger partial charge in [-0.05, 0) is 65.0 Å². The summed E-state index contributed by atoms with van der Waals surface area (Å²) in [4.78, 5) is 5.10. The molecule has 2 aliphatic heterocycles. The average Bonchev–Trinajstić information content (AvgIpc) is 2.88. The third kappa shape index (κ3) is 14.0. The van der Waals surface area contributed by atoms with Crippen LogP contribution in [-0.2, 0) is 0 Å². The average molecular weight is 464 g/mol.